The first kappa shape index (κ1) is 17.6. The molecule has 0 saturated carbocycles. The van der Waals surface area contributed by atoms with Gasteiger partial charge < -0.3 is 10.3 Å². The molecule has 1 saturated heterocycles. The van der Waals surface area contributed by atoms with Gasteiger partial charge in [-0.25, -0.2) is 9.97 Å². The molecular weight excluding hydrogens is 314 g/mol. The van der Waals surface area contributed by atoms with E-state index in [0.717, 1.165) is 36.6 Å². The molecule has 2 aromatic rings. The van der Waals surface area contributed by atoms with E-state index in [9.17, 15) is 4.79 Å². The lowest BCUT2D eigenvalue weighted by molar-refractivity contribution is 0.164. The van der Waals surface area contributed by atoms with E-state index in [1.165, 1.54) is 31.9 Å². The third-order valence-electron chi connectivity index (χ3n) is 4.87. The summed E-state index contributed by atoms with van der Waals surface area (Å²) in [6.07, 6.45) is 6.35. The highest BCUT2D eigenvalue weighted by atomic mass is 16.1. The van der Waals surface area contributed by atoms with Crippen molar-refractivity contribution in [3.05, 3.63) is 40.4 Å². The van der Waals surface area contributed by atoms with E-state index in [1.54, 1.807) is 6.20 Å². The quantitative estimate of drug-likeness (QED) is 0.845. The number of pyridine rings is 1. The van der Waals surface area contributed by atoms with Gasteiger partial charge in [-0.05, 0) is 44.5 Å². The van der Waals surface area contributed by atoms with Crippen LogP contribution in [0.4, 0.5) is 5.82 Å². The maximum absolute atomic E-state index is 11.7. The first-order valence-electron chi connectivity index (χ1n) is 9.24. The van der Waals surface area contributed by atoms with Crippen LogP contribution in [0, 0.1) is 0 Å². The Kier molecular flexibility index (Phi) is 5.81. The highest BCUT2D eigenvalue weighted by Gasteiger charge is 2.20. The fraction of sp³-hybridized carbons (Fsp3) is 0.526. The molecule has 0 spiro atoms. The second-order valence-corrected chi connectivity index (χ2v) is 6.53. The van der Waals surface area contributed by atoms with E-state index in [4.69, 9.17) is 0 Å². The molecule has 3 rings (SSSR count). The predicted octanol–water partition coefficient (Wildman–Crippen LogP) is 2.68. The summed E-state index contributed by atoms with van der Waals surface area (Å²) in [5.41, 5.74) is 1.49. The van der Waals surface area contributed by atoms with Crippen LogP contribution < -0.4 is 10.9 Å². The van der Waals surface area contributed by atoms with Gasteiger partial charge in [-0.3, -0.25) is 9.69 Å². The number of piperidine rings is 1. The van der Waals surface area contributed by atoms with E-state index in [1.807, 2.05) is 19.1 Å². The lowest BCUT2D eigenvalue weighted by Crippen LogP contribution is -2.43. The third-order valence-corrected chi connectivity index (χ3v) is 4.87. The number of aromatic amines is 1. The average Bonchev–Trinajstić information content (AvgIpc) is 2.66. The number of hydrogen-bond acceptors (Lipinski definition) is 5. The summed E-state index contributed by atoms with van der Waals surface area (Å²) in [4.78, 5) is 26.0. The number of likely N-dealkylation sites (tertiary alicyclic amines) is 1. The van der Waals surface area contributed by atoms with Gasteiger partial charge in [0, 0.05) is 36.1 Å². The summed E-state index contributed by atoms with van der Waals surface area (Å²) >= 11 is 0. The Hall–Kier alpha value is -2.21. The summed E-state index contributed by atoms with van der Waals surface area (Å²) in [5, 5.41) is 3.45. The fourth-order valence-corrected chi connectivity index (χ4v) is 3.39. The minimum atomic E-state index is -0.124. The van der Waals surface area contributed by atoms with Crippen molar-refractivity contribution in [1.29, 1.82) is 0 Å². The summed E-state index contributed by atoms with van der Waals surface area (Å²) in [6.45, 7) is 7.43. The smallest absolute Gasteiger partial charge is 0.251 e. The maximum atomic E-state index is 11.7. The Morgan fingerprint density at radius 3 is 2.92 bits per heavy atom. The maximum Gasteiger partial charge on any atom is 0.251 e. The molecule has 25 heavy (non-hydrogen) atoms. The Bertz CT molecular complexity index is 740. The SMILES string of the molecule is CCc1cc(=O)[nH]c(-c2ccc(NCC3CCCCN3CC)nc2)n1. The molecule has 6 nitrogen and oxygen atoms in total. The van der Waals surface area contributed by atoms with Gasteiger partial charge >= 0.3 is 0 Å². The van der Waals surface area contributed by atoms with Gasteiger partial charge in [0.1, 0.15) is 11.6 Å². The monoisotopic (exact) mass is 341 g/mol. The van der Waals surface area contributed by atoms with Crippen LogP contribution in [-0.4, -0.2) is 45.5 Å². The van der Waals surface area contributed by atoms with E-state index in [2.05, 4.69) is 32.1 Å². The second-order valence-electron chi connectivity index (χ2n) is 6.53. The number of likely N-dealkylation sites (N-methyl/N-ethyl adjacent to an activating group) is 1. The van der Waals surface area contributed by atoms with Gasteiger partial charge in [-0.2, -0.15) is 0 Å². The fourth-order valence-electron chi connectivity index (χ4n) is 3.39. The Morgan fingerprint density at radius 1 is 1.32 bits per heavy atom. The van der Waals surface area contributed by atoms with Gasteiger partial charge in [0.2, 0.25) is 0 Å². The third kappa shape index (κ3) is 4.45. The van der Waals surface area contributed by atoms with Crippen molar-refractivity contribution in [2.24, 2.45) is 0 Å². The normalized spacial score (nSPS) is 18.2. The minimum Gasteiger partial charge on any atom is -0.369 e. The predicted molar refractivity (Wildman–Crippen MR) is 101 cm³/mol. The zero-order valence-electron chi connectivity index (χ0n) is 15.1. The number of hydrogen-bond donors (Lipinski definition) is 2. The summed E-state index contributed by atoms with van der Waals surface area (Å²) in [7, 11) is 0. The van der Waals surface area contributed by atoms with Crippen molar-refractivity contribution < 1.29 is 0 Å². The van der Waals surface area contributed by atoms with Crippen LogP contribution in [0.5, 0.6) is 0 Å². The molecule has 6 heteroatoms. The van der Waals surface area contributed by atoms with Crippen molar-refractivity contribution in [3.8, 4) is 11.4 Å². The van der Waals surface area contributed by atoms with Gasteiger partial charge in [-0.1, -0.05) is 20.3 Å². The average molecular weight is 341 g/mol. The molecule has 1 aliphatic rings. The molecular formula is C19H27N5O. The highest BCUT2D eigenvalue weighted by molar-refractivity contribution is 5.55. The van der Waals surface area contributed by atoms with Gasteiger partial charge in [0.05, 0.1) is 0 Å². The number of aryl methyl sites for hydroxylation is 1. The molecule has 1 aliphatic heterocycles. The van der Waals surface area contributed by atoms with Gasteiger partial charge in [0.25, 0.3) is 5.56 Å². The van der Waals surface area contributed by atoms with Crippen LogP contribution in [-0.2, 0) is 6.42 Å². The van der Waals surface area contributed by atoms with Gasteiger partial charge in [0.15, 0.2) is 0 Å². The zero-order valence-corrected chi connectivity index (χ0v) is 15.1. The van der Waals surface area contributed by atoms with E-state index in [0.29, 0.717) is 11.9 Å². The number of rotatable bonds is 6. The molecule has 0 amide bonds. The van der Waals surface area contributed by atoms with Crippen LogP contribution in [0.3, 0.4) is 0 Å². The first-order chi connectivity index (χ1) is 12.2. The standard InChI is InChI=1S/C19H27N5O/c1-3-15-11-18(25)23-19(22-15)14-8-9-17(20-12-14)21-13-16-7-5-6-10-24(16)4-2/h8-9,11-12,16H,3-7,10,13H2,1-2H3,(H,20,21)(H,22,23,25). The first-order valence-corrected chi connectivity index (χ1v) is 9.24. The largest absolute Gasteiger partial charge is 0.369 e. The number of nitrogens with one attached hydrogen (secondary N) is 2. The number of anilines is 1. The molecule has 3 heterocycles. The van der Waals surface area contributed by atoms with Crippen molar-refractivity contribution in [2.75, 3.05) is 25.0 Å². The lowest BCUT2D eigenvalue weighted by Gasteiger charge is -2.35. The van der Waals surface area contributed by atoms with Crippen molar-refractivity contribution in [2.45, 2.75) is 45.6 Å². The molecule has 1 fully saturated rings. The molecule has 1 unspecified atom stereocenters. The van der Waals surface area contributed by atoms with Crippen molar-refractivity contribution in [3.63, 3.8) is 0 Å². The molecule has 0 radical (unpaired) electrons. The number of nitrogens with zero attached hydrogens (tertiary/aromatic N) is 3. The molecule has 0 aromatic carbocycles. The lowest BCUT2D eigenvalue weighted by atomic mass is 10.0. The molecule has 2 aromatic heterocycles. The summed E-state index contributed by atoms with van der Waals surface area (Å²) in [5.74, 6) is 1.44. The highest BCUT2D eigenvalue weighted by Crippen LogP contribution is 2.18. The topological polar surface area (TPSA) is 73.9 Å². The molecule has 0 bridgehead atoms. The Labute approximate surface area is 148 Å². The molecule has 2 N–H and O–H groups in total. The van der Waals surface area contributed by atoms with Crippen LogP contribution in [0.2, 0.25) is 0 Å². The number of H-pyrrole nitrogens is 1. The van der Waals surface area contributed by atoms with E-state index in [-0.39, 0.29) is 5.56 Å². The zero-order chi connectivity index (χ0) is 17.6. The van der Waals surface area contributed by atoms with Crippen molar-refractivity contribution >= 4 is 5.82 Å². The van der Waals surface area contributed by atoms with Gasteiger partial charge in [-0.15, -0.1) is 0 Å². The van der Waals surface area contributed by atoms with Crippen LogP contribution in [0.25, 0.3) is 11.4 Å². The van der Waals surface area contributed by atoms with Crippen LogP contribution in [0.15, 0.2) is 29.2 Å². The molecule has 1 atom stereocenters. The van der Waals surface area contributed by atoms with Crippen LogP contribution in [0.1, 0.15) is 38.8 Å². The summed E-state index contributed by atoms with van der Waals surface area (Å²) < 4.78 is 0. The molecule has 0 aliphatic carbocycles. The Balaban J connectivity index is 1.66. The second kappa shape index (κ2) is 8.25. The Morgan fingerprint density at radius 2 is 2.20 bits per heavy atom. The van der Waals surface area contributed by atoms with Crippen LogP contribution >= 0.6 is 0 Å². The van der Waals surface area contributed by atoms with E-state index >= 15 is 0 Å². The minimum absolute atomic E-state index is 0.124. The van der Waals surface area contributed by atoms with Crippen molar-refractivity contribution in [1.82, 2.24) is 19.9 Å². The number of aromatic nitrogens is 3. The van der Waals surface area contributed by atoms with E-state index < -0.39 is 0 Å². The summed E-state index contributed by atoms with van der Waals surface area (Å²) in [6, 6.07) is 6.02. The molecule has 134 valence electrons.